The molecular weight excluding hydrogens is 343 g/mol. The summed E-state index contributed by atoms with van der Waals surface area (Å²) in [5, 5.41) is 8.38. The van der Waals surface area contributed by atoms with E-state index < -0.39 is 0 Å². The molecule has 0 saturated heterocycles. The van der Waals surface area contributed by atoms with Crippen LogP contribution < -0.4 is 5.32 Å². The van der Waals surface area contributed by atoms with Crippen molar-refractivity contribution < 1.29 is 8.91 Å². The molecule has 1 N–H and O–H groups in total. The van der Waals surface area contributed by atoms with E-state index in [9.17, 15) is 4.39 Å². The minimum atomic E-state index is -0.289. The van der Waals surface area contributed by atoms with Crippen LogP contribution >= 0.6 is 0 Å². The van der Waals surface area contributed by atoms with Crippen LogP contribution in [0, 0.1) is 12.7 Å². The Labute approximate surface area is 156 Å². The van der Waals surface area contributed by atoms with E-state index in [0.717, 1.165) is 27.7 Å². The highest BCUT2D eigenvalue weighted by molar-refractivity contribution is 5.90. The predicted molar refractivity (Wildman–Crippen MR) is 104 cm³/mol. The third-order valence-corrected chi connectivity index (χ3v) is 4.33. The third kappa shape index (κ3) is 3.38. The zero-order chi connectivity index (χ0) is 19.0. The molecule has 0 aliphatic heterocycles. The Bertz CT molecular complexity index is 1100. The van der Waals surface area contributed by atoms with Crippen molar-refractivity contribution in [2.75, 3.05) is 5.32 Å². The van der Waals surface area contributed by atoms with Gasteiger partial charge in [-0.15, -0.1) is 0 Å². The molecule has 2 aromatic carbocycles. The van der Waals surface area contributed by atoms with Gasteiger partial charge in [0.25, 0.3) is 0 Å². The quantitative estimate of drug-likeness (QED) is 0.512. The highest BCUT2D eigenvalue weighted by Crippen LogP contribution is 2.32. The van der Waals surface area contributed by atoms with Gasteiger partial charge in [-0.3, -0.25) is 0 Å². The number of fused-ring (bicyclic) bond motifs is 1. The zero-order valence-electron chi connectivity index (χ0n) is 15.3. The average molecular weight is 362 g/mol. The number of benzene rings is 2. The normalized spacial score (nSPS) is 11.3. The van der Waals surface area contributed by atoms with E-state index in [0.29, 0.717) is 17.5 Å². The van der Waals surface area contributed by atoms with Gasteiger partial charge in [0.1, 0.15) is 11.6 Å². The van der Waals surface area contributed by atoms with Gasteiger partial charge in [-0.25, -0.2) is 9.37 Å². The first-order chi connectivity index (χ1) is 13.0. The van der Waals surface area contributed by atoms with Gasteiger partial charge >= 0.3 is 0 Å². The molecule has 4 rings (SSSR count). The van der Waals surface area contributed by atoms with Gasteiger partial charge in [0, 0.05) is 17.0 Å². The third-order valence-electron chi connectivity index (χ3n) is 4.33. The first-order valence-corrected chi connectivity index (χ1v) is 8.78. The number of pyridine rings is 1. The Morgan fingerprint density at radius 2 is 1.81 bits per heavy atom. The minimum Gasteiger partial charge on any atom is -0.340 e. The summed E-state index contributed by atoms with van der Waals surface area (Å²) in [7, 11) is 0. The van der Waals surface area contributed by atoms with Gasteiger partial charge < -0.3 is 9.84 Å². The average Bonchev–Trinajstić information content (AvgIpc) is 3.14. The van der Waals surface area contributed by atoms with E-state index >= 15 is 0 Å². The predicted octanol–water partition coefficient (Wildman–Crippen LogP) is 5.60. The van der Waals surface area contributed by atoms with Crippen LogP contribution in [0.5, 0.6) is 0 Å². The van der Waals surface area contributed by atoms with Crippen molar-refractivity contribution in [3.05, 3.63) is 65.8 Å². The maximum atomic E-state index is 13.2. The van der Waals surface area contributed by atoms with E-state index in [2.05, 4.69) is 15.5 Å². The summed E-state index contributed by atoms with van der Waals surface area (Å²) >= 11 is 0. The molecule has 0 aliphatic carbocycles. The van der Waals surface area contributed by atoms with Gasteiger partial charge in [-0.05, 0) is 42.8 Å². The lowest BCUT2D eigenvalue weighted by molar-refractivity contribution is 0.365. The molecule has 0 radical (unpaired) electrons. The fraction of sp³-hybridized carbons (Fsp3) is 0.190. The fourth-order valence-electron chi connectivity index (χ4n) is 2.86. The van der Waals surface area contributed by atoms with E-state index in [1.807, 2.05) is 45.0 Å². The number of hydrogen-bond donors (Lipinski definition) is 1. The highest BCUT2D eigenvalue weighted by atomic mass is 19.1. The molecule has 0 bridgehead atoms. The van der Waals surface area contributed by atoms with Crippen LogP contribution in [0.2, 0.25) is 0 Å². The van der Waals surface area contributed by atoms with Gasteiger partial charge in [-0.2, -0.15) is 4.98 Å². The monoisotopic (exact) mass is 362 g/mol. The second kappa shape index (κ2) is 6.79. The van der Waals surface area contributed by atoms with Crippen LogP contribution in [0.3, 0.4) is 0 Å². The second-order valence-corrected chi connectivity index (χ2v) is 6.77. The molecule has 0 fully saturated rings. The molecular formula is C21H19FN4O. The lowest BCUT2D eigenvalue weighted by Crippen LogP contribution is -1.99. The first-order valence-electron chi connectivity index (χ1n) is 8.78. The number of aromatic nitrogens is 3. The molecule has 2 heterocycles. The van der Waals surface area contributed by atoms with Crippen LogP contribution in [0.15, 0.2) is 53.1 Å². The zero-order valence-corrected chi connectivity index (χ0v) is 15.3. The van der Waals surface area contributed by atoms with E-state index in [1.165, 1.54) is 12.1 Å². The second-order valence-electron chi connectivity index (χ2n) is 6.77. The van der Waals surface area contributed by atoms with Crippen molar-refractivity contribution in [1.82, 2.24) is 15.1 Å². The van der Waals surface area contributed by atoms with Crippen molar-refractivity contribution in [3.8, 4) is 11.4 Å². The maximum absolute atomic E-state index is 13.2. The minimum absolute atomic E-state index is 0.135. The Hall–Kier alpha value is -3.28. The lowest BCUT2D eigenvalue weighted by atomic mass is 10.1. The summed E-state index contributed by atoms with van der Waals surface area (Å²) in [4.78, 5) is 9.30. The fourth-order valence-corrected chi connectivity index (χ4v) is 2.86. The number of rotatable bonds is 4. The number of nitrogens with one attached hydrogen (secondary N) is 1. The molecule has 0 unspecified atom stereocenters. The van der Waals surface area contributed by atoms with Crippen molar-refractivity contribution >= 4 is 22.4 Å². The van der Waals surface area contributed by atoms with Crippen LogP contribution in [-0.4, -0.2) is 15.1 Å². The van der Waals surface area contributed by atoms with E-state index in [4.69, 9.17) is 9.51 Å². The van der Waals surface area contributed by atoms with Crippen molar-refractivity contribution in [3.63, 3.8) is 0 Å². The van der Waals surface area contributed by atoms with E-state index in [-0.39, 0.29) is 11.7 Å². The number of hydrogen-bond acceptors (Lipinski definition) is 5. The smallest absolute Gasteiger partial charge is 0.229 e. The summed E-state index contributed by atoms with van der Waals surface area (Å²) in [6, 6.07) is 14.1. The van der Waals surface area contributed by atoms with Crippen molar-refractivity contribution in [1.29, 1.82) is 0 Å². The summed E-state index contributed by atoms with van der Waals surface area (Å²) in [6.07, 6.45) is 0. The van der Waals surface area contributed by atoms with Gasteiger partial charge in [-0.1, -0.05) is 37.2 Å². The molecule has 6 heteroatoms. The molecule has 0 amide bonds. The van der Waals surface area contributed by atoms with Gasteiger partial charge in [0.15, 0.2) is 0 Å². The van der Waals surface area contributed by atoms with Gasteiger partial charge in [0.2, 0.25) is 11.7 Å². The largest absolute Gasteiger partial charge is 0.340 e. The molecule has 27 heavy (non-hydrogen) atoms. The first kappa shape index (κ1) is 17.1. The summed E-state index contributed by atoms with van der Waals surface area (Å²) in [5.74, 6) is 1.49. The lowest BCUT2D eigenvalue weighted by Gasteiger charge is -2.12. The Morgan fingerprint density at radius 1 is 1.04 bits per heavy atom. The Balaban J connectivity index is 1.87. The van der Waals surface area contributed by atoms with E-state index in [1.54, 1.807) is 12.1 Å². The molecule has 0 saturated carbocycles. The van der Waals surface area contributed by atoms with Gasteiger partial charge in [0.05, 0.1) is 11.1 Å². The SMILES string of the molecule is Cc1cccc2cc(-c3noc(C(C)C)n3)c(Nc3ccc(F)cc3)nc12. The standard InChI is InChI=1S/C21H19FN4O/c1-12(2)21-25-20(26-27-21)17-11-14-6-4-5-13(3)18(14)24-19(17)23-16-9-7-15(22)8-10-16/h4-12H,1-3H3,(H,23,24). The van der Waals surface area contributed by atoms with Crippen molar-refractivity contribution in [2.45, 2.75) is 26.7 Å². The van der Waals surface area contributed by atoms with Crippen molar-refractivity contribution in [2.24, 2.45) is 0 Å². The van der Waals surface area contributed by atoms with Crippen LogP contribution in [-0.2, 0) is 0 Å². The summed E-state index contributed by atoms with van der Waals surface area (Å²) < 4.78 is 18.6. The topological polar surface area (TPSA) is 63.8 Å². The highest BCUT2D eigenvalue weighted by Gasteiger charge is 2.17. The number of anilines is 2. The summed E-state index contributed by atoms with van der Waals surface area (Å²) in [6.45, 7) is 6.01. The molecule has 0 atom stereocenters. The maximum Gasteiger partial charge on any atom is 0.229 e. The molecule has 0 spiro atoms. The number of para-hydroxylation sites is 1. The Morgan fingerprint density at radius 3 is 2.52 bits per heavy atom. The molecule has 2 aromatic heterocycles. The van der Waals surface area contributed by atoms with Crippen LogP contribution in [0.1, 0.15) is 31.2 Å². The summed E-state index contributed by atoms with van der Waals surface area (Å²) in [5.41, 5.74) is 3.41. The molecule has 4 aromatic rings. The van der Waals surface area contributed by atoms with Crippen LogP contribution in [0.4, 0.5) is 15.9 Å². The molecule has 5 nitrogen and oxygen atoms in total. The number of nitrogens with zero attached hydrogens (tertiary/aromatic N) is 3. The number of aryl methyl sites for hydroxylation is 1. The number of halogens is 1. The van der Waals surface area contributed by atoms with Crippen LogP contribution in [0.25, 0.3) is 22.3 Å². The molecule has 136 valence electrons. The Kier molecular flexibility index (Phi) is 4.32. The molecule has 0 aliphatic rings.